The van der Waals surface area contributed by atoms with Gasteiger partial charge in [0.05, 0.1) is 13.1 Å². The summed E-state index contributed by atoms with van der Waals surface area (Å²) >= 11 is 8.25. The highest BCUT2D eigenvalue weighted by Gasteiger charge is 2.27. The third kappa shape index (κ3) is 5.71. The number of thiophene rings is 1. The lowest BCUT2D eigenvalue weighted by Crippen LogP contribution is -2.52. The average Bonchev–Trinajstić information content (AvgIpc) is 2.56. The fraction of sp³-hybridized carbons (Fsp3) is 0.583. The number of amides is 1. The Labute approximate surface area is 141 Å². The van der Waals surface area contributed by atoms with Crippen LogP contribution in [-0.4, -0.2) is 18.0 Å². The summed E-state index contributed by atoms with van der Waals surface area (Å²) in [7, 11) is 0. The van der Waals surface area contributed by atoms with Gasteiger partial charge in [-0.2, -0.15) is 0 Å². The highest BCUT2D eigenvalue weighted by atomic mass is 79.9. The van der Waals surface area contributed by atoms with E-state index < -0.39 is 0 Å². The number of carbonyl (C=O) groups excluding carboxylic acids is 1. The monoisotopic (exact) mass is 432 g/mol. The Kier molecular flexibility index (Phi) is 8.14. The number of carbonyl (C=O) groups is 1. The molecule has 1 rings (SSSR count). The number of nitrogens with two attached hydrogens (primary N) is 1. The lowest BCUT2D eigenvalue weighted by atomic mass is 9.90. The van der Waals surface area contributed by atoms with Crippen molar-refractivity contribution in [1.29, 1.82) is 0 Å². The maximum Gasteiger partial charge on any atom is 0.253 e. The fourth-order valence-corrected chi connectivity index (χ4v) is 4.72. The lowest BCUT2D eigenvalue weighted by molar-refractivity contribution is 0.0898. The first kappa shape index (κ1) is 19.4. The summed E-state index contributed by atoms with van der Waals surface area (Å²) in [6.07, 6.45) is 0.859. The van der Waals surface area contributed by atoms with Gasteiger partial charge in [0.2, 0.25) is 0 Å². The zero-order chi connectivity index (χ0) is 13.9. The zero-order valence-corrected chi connectivity index (χ0v) is 15.9. The van der Waals surface area contributed by atoms with E-state index in [9.17, 15) is 4.79 Å². The Hall–Kier alpha value is 0.380. The van der Waals surface area contributed by atoms with Crippen molar-refractivity contribution in [3.63, 3.8) is 0 Å². The number of hydrogen-bond acceptors (Lipinski definition) is 3. The van der Waals surface area contributed by atoms with E-state index in [2.05, 4.69) is 51.0 Å². The maximum absolute atomic E-state index is 12.2. The highest BCUT2D eigenvalue weighted by molar-refractivity contribution is 9.12. The second-order valence-corrected chi connectivity index (χ2v) is 8.80. The van der Waals surface area contributed by atoms with E-state index in [0.717, 1.165) is 14.0 Å². The molecule has 1 aromatic rings. The van der Waals surface area contributed by atoms with Crippen molar-refractivity contribution in [3.05, 3.63) is 19.2 Å². The van der Waals surface area contributed by atoms with Gasteiger partial charge in [-0.05, 0) is 57.2 Å². The molecule has 0 bridgehead atoms. The summed E-state index contributed by atoms with van der Waals surface area (Å²) in [5.74, 6) is 0.397. The van der Waals surface area contributed by atoms with Crippen molar-refractivity contribution in [1.82, 2.24) is 5.32 Å². The zero-order valence-electron chi connectivity index (χ0n) is 11.1. The van der Waals surface area contributed by atoms with Gasteiger partial charge >= 0.3 is 0 Å². The largest absolute Gasteiger partial charge is 0.346 e. The van der Waals surface area contributed by atoms with Gasteiger partial charge in [0.1, 0.15) is 0 Å². The van der Waals surface area contributed by atoms with Crippen LogP contribution in [0.4, 0.5) is 0 Å². The van der Waals surface area contributed by atoms with E-state index in [0.29, 0.717) is 18.0 Å². The van der Waals surface area contributed by atoms with Crippen molar-refractivity contribution < 1.29 is 4.79 Å². The highest BCUT2D eigenvalue weighted by Crippen LogP contribution is 2.32. The molecule has 19 heavy (non-hydrogen) atoms. The van der Waals surface area contributed by atoms with Gasteiger partial charge in [0.15, 0.2) is 0 Å². The topological polar surface area (TPSA) is 55.1 Å². The molecule has 110 valence electrons. The van der Waals surface area contributed by atoms with Gasteiger partial charge in [-0.25, -0.2) is 0 Å². The molecular weight excluding hydrogens is 415 g/mol. The van der Waals surface area contributed by atoms with E-state index in [-0.39, 0.29) is 23.9 Å². The van der Waals surface area contributed by atoms with Gasteiger partial charge in [0.25, 0.3) is 5.91 Å². The van der Waals surface area contributed by atoms with Crippen LogP contribution in [0.2, 0.25) is 0 Å². The van der Waals surface area contributed by atoms with Crippen molar-refractivity contribution in [3.8, 4) is 0 Å². The quantitative estimate of drug-likeness (QED) is 0.730. The lowest BCUT2D eigenvalue weighted by Gasteiger charge is -2.31. The molecule has 3 N–H and O–H groups in total. The smallest absolute Gasteiger partial charge is 0.253 e. The molecule has 0 radical (unpaired) electrons. The minimum Gasteiger partial charge on any atom is -0.346 e. The van der Waals surface area contributed by atoms with Gasteiger partial charge in [-0.15, -0.1) is 23.7 Å². The number of rotatable bonds is 5. The Morgan fingerprint density at radius 3 is 2.47 bits per heavy atom. The van der Waals surface area contributed by atoms with Crippen LogP contribution in [0.5, 0.6) is 0 Å². The molecule has 0 aliphatic rings. The maximum atomic E-state index is 12.2. The summed E-state index contributed by atoms with van der Waals surface area (Å²) in [6, 6.07) is 1.82. The van der Waals surface area contributed by atoms with Crippen LogP contribution in [0, 0.1) is 5.92 Å². The number of nitrogens with one attached hydrogen (secondary N) is 1. The molecule has 0 fully saturated rings. The molecule has 1 aromatic heterocycles. The van der Waals surface area contributed by atoms with Gasteiger partial charge in [0, 0.05) is 12.1 Å². The van der Waals surface area contributed by atoms with E-state index in [1.165, 1.54) is 11.3 Å². The second kappa shape index (κ2) is 7.98. The second-order valence-electron chi connectivity index (χ2n) is 5.05. The number of hydrogen-bond donors (Lipinski definition) is 2. The molecule has 7 heteroatoms. The van der Waals surface area contributed by atoms with Gasteiger partial charge < -0.3 is 11.1 Å². The molecule has 0 saturated carbocycles. The average molecular weight is 435 g/mol. The summed E-state index contributed by atoms with van der Waals surface area (Å²) in [5.41, 5.74) is 6.08. The third-order valence-corrected chi connectivity index (χ3v) is 4.97. The Bertz CT molecular complexity index is 439. The molecule has 0 aliphatic heterocycles. The van der Waals surface area contributed by atoms with E-state index >= 15 is 0 Å². The normalized spacial score (nSPS) is 13.8. The molecule has 0 aromatic carbocycles. The molecule has 3 nitrogen and oxygen atoms in total. The summed E-state index contributed by atoms with van der Waals surface area (Å²) in [4.78, 5) is 12.2. The Morgan fingerprint density at radius 2 is 2.11 bits per heavy atom. The van der Waals surface area contributed by atoms with E-state index in [1.807, 2.05) is 13.0 Å². The van der Waals surface area contributed by atoms with E-state index in [4.69, 9.17) is 5.73 Å². The van der Waals surface area contributed by atoms with Crippen LogP contribution in [0.3, 0.4) is 0 Å². The molecule has 1 atom stereocenters. The molecular formula is C12H19Br2ClN2OS. The molecule has 0 saturated heterocycles. The summed E-state index contributed by atoms with van der Waals surface area (Å²) in [6.45, 7) is 6.66. The fourth-order valence-electron chi connectivity index (χ4n) is 1.92. The van der Waals surface area contributed by atoms with Crippen LogP contribution in [0.1, 0.15) is 37.6 Å². The molecule has 1 unspecified atom stereocenters. The number of halogens is 3. The SMILES string of the molecule is CC(C)CC(C)(CN)NC(=O)c1cc(Br)sc1Br.Cl. The molecule has 1 amide bonds. The minimum absolute atomic E-state index is 0. The van der Waals surface area contributed by atoms with Crippen LogP contribution in [-0.2, 0) is 0 Å². The van der Waals surface area contributed by atoms with Crippen molar-refractivity contribution in [2.24, 2.45) is 11.7 Å². The molecule has 1 heterocycles. The molecule has 0 aliphatic carbocycles. The van der Waals surface area contributed by atoms with Crippen molar-refractivity contribution >= 4 is 61.5 Å². The standard InChI is InChI=1S/C12H18Br2N2OS.ClH/c1-7(2)5-12(3,6-15)16-11(17)8-4-9(13)18-10(8)14;/h4,7H,5-6,15H2,1-3H3,(H,16,17);1H. The first-order valence-corrected chi connectivity index (χ1v) is 8.15. The Morgan fingerprint density at radius 1 is 1.53 bits per heavy atom. The van der Waals surface area contributed by atoms with Gasteiger partial charge in [-0.3, -0.25) is 4.79 Å². The van der Waals surface area contributed by atoms with Crippen LogP contribution >= 0.6 is 55.6 Å². The first-order chi connectivity index (χ1) is 8.27. The van der Waals surface area contributed by atoms with Crippen molar-refractivity contribution in [2.45, 2.75) is 32.7 Å². The van der Waals surface area contributed by atoms with Crippen LogP contribution in [0.15, 0.2) is 13.6 Å². The third-order valence-electron chi connectivity index (χ3n) is 2.63. The predicted octanol–water partition coefficient (Wildman–Crippen LogP) is 4.19. The first-order valence-electron chi connectivity index (χ1n) is 5.75. The summed E-state index contributed by atoms with van der Waals surface area (Å²) in [5, 5.41) is 3.04. The minimum atomic E-state index is -0.362. The summed E-state index contributed by atoms with van der Waals surface area (Å²) < 4.78 is 1.76. The van der Waals surface area contributed by atoms with Crippen LogP contribution in [0.25, 0.3) is 0 Å². The van der Waals surface area contributed by atoms with E-state index in [1.54, 1.807) is 0 Å². The Balaban J connectivity index is 0.00000324. The van der Waals surface area contributed by atoms with Crippen LogP contribution < -0.4 is 11.1 Å². The van der Waals surface area contributed by atoms with Gasteiger partial charge in [-0.1, -0.05) is 13.8 Å². The van der Waals surface area contributed by atoms with Crippen molar-refractivity contribution in [2.75, 3.05) is 6.54 Å². The predicted molar refractivity (Wildman–Crippen MR) is 91.3 cm³/mol. The molecule has 0 spiro atoms.